The number of sulfone groups is 1. The van der Waals surface area contributed by atoms with E-state index in [1.54, 1.807) is 46.2 Å². The van der Waals surface area contributed by atoms with Crippen LogP contribution < -0.4 is 9.80 Å². The number of halogens is 1. The first-order valence-corrected chi connectivity index (χ1v) is 13.7. The van der Waals surface area contributed by atoms with Gasteiger partial charge in [0.1, 0.15) is 12.4 Å². The molecule has 1 aliphatic rings. The van der Waals surface area contributed by atoms with Crippen molar-refractivity contribution in [2.24, 2.45) is 0 Å². The summed E-state index contributed by atoms with van der Waals surface area (Å²) in [6, 6.07) is 17.9. The molecule has 1 fully saturated rings. The van der Waals surface area contributed by atoms with Crippen molar-refractivity contribution in [1.82, 2.24) is 4.90 Å². The second kappa shape index (κ2) is 11.0. The average Bonchev–Trinajstić information content (AvgIpc) is 2.91. The zero-order valence-corrected chi connectivity index (χ0v) is 21.4. The van der Waals surface area contributed by atoms with E-state index in [0.717, 1.165) is 12.3 Å². The second-order valence-corrected chi connectivity index (χ2v) is 10.8. The van der Waals surface area contributed by atoms with Gasteiger partial charge in [0.05, 0.1) is 21.7 Å². The first-order valence-electron chi connectivity index (χ1n) is 11.8. The Kier molecular flexibility index (Phi) is 7.77. The summed E-state index contributed by atoms with van der Waals surface area (Å²) in [5, 5.41) is 9.55. The van der Waals surface area contributed by atoms with Crippen molar-refractivity contribution in [3.63, 3.8) is 0 Å². The number of para-hydroxylation sites is 1. The molecule has 198 valence electrons. The Morgan fingerprint density at radius 2 is 1.50 bits per heavy atom. The summed E-state index contributed by atoms with van der Waals surface area (Å²) >= 11 is 0. The molecular formula is C27H26FN3O6S. The molecule has 0 aliphatic carbocycles. The third-order valence-electron chi connectivity index (χ3n) is 6.29. The predicted molar refractivity (Wildman–Crippen MR) is 140 cm³/mol. The lowest BCUT2D eigenvalue weighted by atomic mass is 10.1. The number of piperazine rings is 1. The van der Waals surface area contributed by atoms with Gasteiger partial charge >= 0.3 is 5.97 Å². The highest BCUT2D eigenvalue weighted by molar-refractivity contribution is 7.90. The molecule has 2 amide bonds. The van der Waals surface area contributed by atoms with Crippen LogP contribution >= 0.6 is 0 Å². The van der Waals surface area contributed by atoms with Crippen LogP contribution in [0.15, 0.2) is 77.7 Å². The molecule has 1 aliphatic heterocycles. The summed E-state index contributed by atoms with van der Waals surface area (Å²) in [5.41, 5.74) is 0.604. The number of amides is 2. The van der Waals surface area contributed by atoms with Gasteiger partial charge in [-0.1, -0.05) is 30.3 Å². The van der Waals surface area contributed by atoms with Crippen LogP contribution in [-0.2, 0) is 14.6 Å². The van der Waals surface area contributed by atoms with Crippen molar-refractivity contribution in [2.45, 2.75) is 4.90 Å². The minimum absolute atomic E-state index is 0.0360. The lowest BCUT2D eigenvalue weighted by Gasteiger charge is -2.37. The van der Waals surface area contributed by atoms with Gasteiger partial charge in [-0.15, -0.1) is 0 Å². The highest BCUT2D eigenvalue weighted by Gasteiger charge is 2.29. The van der Waals surface area contributed by atoms with Crippen molar-refractivity contribution in [3.8, 4) is 0 Å². The SMILES string of the molecule is CS(=O)(=O)c1cc(F)ccc1N1CCN(C(=O)CN(C(=O)c2ccccc2C(=O)O)c2ccccc2)CC1. The number of hydrogen-bond donors (Lipinski definition) is 1. The number of rotatable bonds is 7. The molecule has 1 N–H and O–H groups in total. The first-order chi connectivity index (χ1) is 18.1. The van der Waals surface area contributed by atoms with Gasteiger partial charge in [-0.25, -0.2) is 17.6 Å². The number of carbonyl (C=O) groups excluding carboxylic acids is 2. The Morgan fingerprint density at radius 1 is 0.895 bits per heavy atom. The molecule has 38 heavy (non-hydrogen) atoms. The van der Waals surface area contributed by atoms with Crippen molar-refractivity contribution >= 4 is 39.0 Å². The molecule has 0 spiro atoms. The Balaban J connectivity index is 1.53. The van der Waals surface area contributed by atoms with Gasteiger partial charge in [-0.3, -0.25) is 14.5 Å². The minimum Gasteiger partial charge on any atom is -0.478 e. The first kappa shape index (κ1) is 26.8. The molecule has 0 unspecified atom stereocenters. The number of anilines is 2. The zero-order chi connectivity index (χ0) is 27.4. The molecule has 0 atom stereocenters. The quantitative estimate of drug-likeness (QED) is 0.491. The maximum absolute atomic E-state index is 13.7. The number of benzene rings is 3. The van der Waals surface area contributed by atoms with Gasteiger partial charge in [-0.05, 0) is 42.5 Å². The van der Waals surface area contributed by atoms with E-state index >= 15 is 0 Å². The van der Waals surface area contributed by atoms with E-state index < -0.39 is 27.5 Å². The van der Waals surface area contributed by atoms with E-state index in [9.17, 15) is 32.3 Å². The van der Waals surface area contributed by atoms with E-state index in [0.29, 0.717) is 24.5 Å². The summed E-state index contributed by atoms with van der Waals surface area (Å²) in [5.74, 6) is -2.88. The summed E-state index contributed by atoms with van der Waals surface area (Å²) < 4.78 is 38.1. The molecule has 0 saturated carbocycles. The Bertz CT molecular complexity index is 1470. The number of nitrogens with zero attached hydrogens (tertiary/aromatic N) is 3. The van der Waals surface area contributed by atoms with Gasteiger partial charge in [0, 0.05) is 38.1 Å². The normalized spacial score (nSPS) is 13.7. The second-order valence-electron chi connectivity index (χ2n) is 8.83. The fourth-order valence-electron chi connectivity index (χ4n) is 4.37. The van der Waals surface area contributed by atoms with Gasteiger partial charge < -0.3 is 14.9 Å². The Hall–Kier alpha value is -4.25. The van der Waals surface area contributed by atoms with E-state index in [1.165, 1.54) is 35.2 Å². The largest absolute Gasteiger partial charge is 0.478 e. The molecule has 9 nitrogen and oxygen atoms in total. The van der Waals surface area contributed by atoms with Gasteiger partial charge in [-0.2, -0.15) is 0 Å². The standard InChI is InChI=1S/C27H26FN3O6S/c1-38(36,37)24-17-19(28)11-12-23(24)29-13-15-30(16-14-29)25(32)18-31(20-7-3-2-4-8-20)26(33)21-9-5-6-10-22(21)27(34)35/h2-12,17H,13-16,18H2,1H3,(H,34,35). The predicted octanol–water partition coefficient (Wildman–Crippen LogP) is 2.92. The van der Waals surface area contributed by atoms with Crippen molar-refractivity contribution in [2.75, 3.05) is 48.8 Å². The molecule has 1 saturated heterocycles. The van der Waals surface area contributed by atoms with E-state index in [4.69, 9.17) is 0 Å². The number of carbonyl (C=O) groups is 3. The summed E-state index contributed by atoms with van der Waals surface area (Å²) in [6.45, 7) is 0.799. The lowest BCUT2D eigenvalue weighted by molar-refractivity contribution is -0.129. The third kappa shape index (κ3) is 5.83. The number of carboxylic acids is 1. The van der Waals surface area contributed by atoms with Crippen LogP contribution in [0.4, 0.5) is 15.8 Å². The van der Waals surface area contributed by atoms with Gasteiger partial charge in [0.2, 0.25) is 5.91 Å². The smallest absolute Gasteiger partial charge is 0.336 e. The van der Waals surface area contributed by atoms with Crippen molar-refractivity contribution in [3.05, 3.63) is 89.7 Å². The van der Waals surface area contributed by atoms with Crippen LogP contribution in [0.2, 0.25) is 0 Å². The van der Waals surface area contributed by atoms with E-state index in [2.05, 4.69) is 0 Å². The molecular weight excluding hydrogens is 513 g/mol. The van der Waals surface area contributed by atoms with Gasteiger partial charge in [0.25, 0.3) is 5.91 Å². The summed E-state index contributed by atoms with van der Waals surface area (Å²) in [4.78, 5) is 43.0. The molecule has 0 radical (unpaired) electrons. The number of hydrogen-bond acceptors (Lipinski definition) is 6. The summed E-state index contributed by atoms with van der Waals surface area (Å²) in [6.07, 6.45) is 1.02. The van der Waals surface area contributed by atoms with E-state index in [-0.39, 0.29) is 41.6 Å². The maximum Gasteiger partial charge on any atom is 0.336 e. The van der Waals surface area contributed by atoms with Crippen LogP contribution in [0, 0.1) is 5.82 Å². The number of carboxylic acid groups (broad SMARTS) is 1. The molecule has 1 heterocycles. The topological polar surface area (TPSA) is 115 Å². The molecule has 11 heteroatoms. The highest BCUT2D eigenvalue weighted by atomic mass is 32.2. The van der Waals surface area contributed by atoms with Crippen molar-refractivity contribution < 1.29 is 32.3 Å². The van der Waals surface area contributed by atoms with Crippen LogP contribution in [0.5, 0.6) is 0 Å². The Morgan fingerprint density at radius 3 is 2.11 bits per heavy atom. The van der Waals surface area contributed by atoms with Gasteiger partial charge in [0.15, 0.2) is 9.84 Å². The van der Waals surface area contributed by atoms with E-state index in [1.807, 2.05) is 0 Å². The Labute approximate surface area is 219 Å². The minimum atomic E-state index is -3.68. The lowest BCUT2D eigenvalue weighted by Crippen LogP contribution is -2.52. The monoisotopic (exact) mass is 539 g/mol. The number of aromatic carboxylic acids is 1. The molecule has 0 aromatic heterocycles. The van der Waals surface area contributed by atoms with Crippen LogP contribution in [0.3, 0.4) is 0 Å². The van der Waals surface area contributed by atoms with Crippen LogP contribution in [0.25, 0.3) is 0 Å². The summed E-state index contributed by atoms with van der Waals surface area (Å²) in [7, 11) is -3.68. The average molecular weight is 540 g/mol. The van der Waals surface area contributed by atoms with Crippen LogP contribution in [0.1, 0.15) is 20.7 Å². The maximum atomic E-state index is 13.7. The molecule has 3 aromatic carbocycles. The molecule has 0 bridgehead atoms. The zero-order valence-electron chi connectivity index (χ0n) is 20.6. The van der Waals surface area contributed by atoms with Crippen molar-refractivity contribution in [1.29, 1.82) is 0 Å². The molecule has 3 aromatic rings. The fourth-order valence-corrected chi connectivity index (χ4v) is 5.27. The highest BCUT2D eigenvalue weighted by Crippen LogP contribution is 2.27. The fraction of sp³-hybridized carbons (Fsp3) is 0.222. The molecule has 4 rings (SSSR count). The van der Waals surface area contributed by atoms with Crippen LogP contribution in [-0.4, -0.2) is 75.2 Å². The third-order valence-corrected chi connectivity index (χ3v) is 7.41.